The van der Waals surface area contributed by atoms with Crippen molar-refractivity contribution < 1.29 is 9.59 Å². The Morgan fingerprint density at radius 3 is 1.27 bits per heavy atom. The summed E-state index contributed by atoms with van der Waals surface area (Å²) in [5.41, 5.74) is 2.08. The molecule has 0 saturated heterocycles. The molecule has 0 amide bonds. The first-order valence-electron chi connectivity index (χ1n) is 10.5. The maximum atomic E-state index is 12.7. The summed E-state index contributed by atoms with van der Waals surface area (Å²) in [4.78, 5) is 25.3. The Labute approximate surface area is 159 Å². The standard InChI is InChI=1S/C22H38N2O2/c1-5-7-9-11-13-15-23-19-17(3)22(26)20(18(4)21(19)25)24-16-14-12-10-8-6-2/h23-24H,5-16H2,1-4H3. The molecule has 1 rings (SSSR count). The minimum Gasteiger partial charge on any atom is -0.382 e. The third-order valence-electron chi connectivity index (χ3n) is 5.05. The van der Waals surface area contributed by atoms with E-state index in [9.17, 15) is 9.59 Å². The molecule has 26 heavy (non-hydrogen) atoms. The highest BCUT2D eigenvalue weighted by Crippen LogP contribution is 2.22. The van der Waals surface area contributed by atoms with Crippen LogP contribution in [0.15, 0.2) is 22.5 Å². The zero-order chi connectivity index (χ0) is 19.4. The fourth-order valence-corrected chi connectivity index (χ4v) is 3.25. The molecule has 0 heterocycles. The quantitative estimate of drug-likeness (QED) is 0.344. The van der Waals surface area contributed by atoms with E-state index in [2.05, 4.69) is 24.5 Å². The summed E-state index contributed by atoms with van der Waals surface area (Å²) in [6, 6.07) is 0. The minimum absolute atomic E-state index is 0.0378. The first-order chi connectivity index (χ1) is 12.5. The molecule has 0 saturated carbocycles. The average Bonchev–Trinajstić information content (AvgIpc) is 2.64. The third kappa shape index (κ3) is 6.97. The van der Waals surface area contributed by atoms with Crippen molar-refractivity contribution in [2.75, 3.05) is 13.1 Å². The third-order valence-corrected chi connectivity index (χ3v) is 5.05. The normalized spacial score (nSPS) is 15.1. The van der Waals surface area contributed by atoms with Gasteiger partial charge in [0.1, 0.15) is 0 Å². The van der Waals surface area contributed by atoms with Crippen LogP contribution in [0.2, 0.25) is 0 Å². The fraction of sp³-hybridized carbons (Fsp3) is 0.727. The SMILES string of the molecule is CCCCCCCNC1=C(C)C(=O)C(NCCCCCCC)=C(C)C1=O. The number of carbonyl (C=O) groups excluding carboxylic acids is 2. The van der Waals surface area contributed by atoms with Gasteiger partial charge in [-0.2, -0.15) is 0 Å². The van der Waals surface area contributed by atoms with E-state index in [0.717, 1.165) is 38.8 Å². The zero-order valence-electron chi connectivity index (χ0n) is 17.3. The van der Waals surface area contributed by atoms with Crippen LogP contribution in [-0.4, -0.2) is 24.7 Å². The summed E-state index contributed by atoms with van der Waals surface area (Å²) >= 11 is 0. The van der Waals surface area contributed by atoms with Gasteiger partial charge in [0.2, 0.25) is 11.6 Å². The van der Waals surface area contributed by atoms with E-state index in [1.807, 2.05) is 0 Å². The van der Waals surface area contributed by atoms with Crippen LogP contribution in [0.1, 0.15) is 91.9 Å². The molecule has 0 aromatic heterocycles. The molecular formula is C22H38N2O2. The smallest absolute Gasteiger partial charge is 0.207 e. The number of allylic oxidation sites excluding steroid dienone is 2. The molecule has 0 aromatic rings. The van der Waals surface area contributed by atoms with Crippen molar-refractivity contribution in [3.63, 3.8) is 0 Å². The Hall–Kier alpha value is -1.58. The highest BCUT2D eigenvalue weighted by molar-refractivity contribution is 6.24. The van der Waals surface area contributed by atoms with Crippen molar-refractivity contribution in [2.45, 2.75) is 91.9 Å². The molecule has 0 unspecified atom stereocenters. The molecule has 4 nitrogen and oxygen atoms in total. The second kappa shape index (κ2) is 12.7. The number of hydrogen-bond donors (Lipinski definition) is 2. The number of nitrogens with one attached hydrogen (secondary N) is 2. The fourth-order valence-electron chi connectivity index (χ4n) is 3.25. The molecule has 4 heteroatoms. The Bertz CT molecular complexity index is 484. The maximum Gasteiger partial charge on any atom is 0.207 e. The molecular weight excluding hydrogens is 324 g/mol. The molecule has 0 spiro atoms. The number of rotatable bonds is 14. The van der Waals surface area contributed by atoms with Gasteiger partial charge in [0.05, 0.1) is 11.4 Å². The largest absolute Gasteiger partial charge is 0.382 e. The Balaban J connectivity index is 2.51. The molecule has 0 aromatic carbocycles. The van der Waals surface area contributed by atoms with Gasteiger partial charge in [0.25, 0.3) is 0 Å². The van der Waals surface area contributed by atoms with Crippen molar-refractivity contribution in [3.05, 3.63) is 22.5 Å². The predicted molar refractivity (Wildman–Crippen MR) is 109 cm³/mol. The summed E-state index contributed by atoms with van der Waals surface area (Å²) in [6.07, 6.45) is 11.8. The van der Waals surface area contributed by atoms with Gasteiger partial charge in [0.15, 0.2) is 0 Å². The van der Waals surface area contributed by atoms with Gasteiger partial charge in [-0.3, -0.25) is 9.59 Å². The van der Waals surface area contributed by atoms with Gasteiger partial charge in [0, 0.05) is 24.2 Å². The average molecular weight is 363 g/mol. The van der Waals surface area contributed by atoms with Crippen molar-refractivity contribution >= 4 is 11.6 Å². The van der Waals surface area contributed by atoms with Crippen LogP contribution in [0.3, 0.4) is 0 Å². The monoisotopic (exact) mass is 362 g/mol. The summed E-state index contributed by atoms with van der Waals surface area (Å²) in [5.74, 6) is -0.0757. The molecule has 0 aliphatic heterocycles. The Kier molecular flexibility index (Phi) is 11.0. The molecule has 1 aliphatic carbocycles. The first-order valence-corrected chi connectivity index (χ1v) is 10.5. The summed E-state index contributed by atoms with van der Waals surface area (Å²) in [7, 11) is 0. The van der Waals surface area contributed by atoms with Crippen LogP contribution in [0.4, 0.5) is 0 Å². The molecule has 148 valence electrons. The molecule has 0 atom stereocenters. The van der Waals surface area contributed by atoms with E-state index in [1.54, 1.807) is 13.8 Å². The van der Waals surface area contributed by atoms with Gasteiger partial charge >= 0.3 is 0 Å². The van der Waals surface area contributed by atoms with E-state index in [-0.39, 0.29) is 11.6 Å². The predicted octanol–water partition coefficient (Wildman–Crippen LogP) is 4.81. The lowest BCUT2D eigenvalue weighted by molar-refractivity contribution is -0.117. The molecule has 1 aliphatic rings. The first kappa shape index (κ1) is 22.5. The van der Waals surface area contributed by atoms with Gasteiger partial charge in [-0.25, -0.2) is 0 Å². The Morgan fingerprint density at radius 1 is 0.577 bits per heavy atom. The second-order valence-electron chi connectivity index (χ2n) is 7.34. The number of unbranched alkanes of at least 4 members (excludes halogenated alkanes) is 8. The van der Waals surface area contributed by atoms with Crippen LogP contribution < -0.4 is 10.6 Å². The summed E-state index contributed by atoms with van der Waals surface area (Å²) in [5, 5.41) is 6.43. The van der Waals surface area contributed by atoms with Crippen molar-refractivity contribution in [2.24, 2.45) is 0 Å². The lowest BCUT2D eigenvalue weighted by atomic mass is 9.92. The van der Waals surface area contributed by atoms with Crippen LogP contribution in [0.25, 0.3) is 0 Å². The van der Waals surface area contributed by atoms with E-state index in [4.69, 9.17) is 0 Å². The summed E-state index contributed by atoms with van der Waals surface area (Å²) < 4.78 is 0. The van der Waals surface area contributed by atoms with Crippen LogP contribution >= 0.6 is 0 Å². The maximum absolute atomic E-state index is 12.7. The van der Waals surface area contributed by atoms with Gasteiger partial charge in [-0.05, 0) is 26.7 Å². The Morgan fingerprint density at radius 2 is 0.923 bits per heavy atom. The van der Waals surface area contributed by atoms with E-state index in [1.165, 1.54) is 38.5 Å². The molecule has 2 N–H and O–H groups in total. The van der Waals surface area contributed by atoms with Crippen LogP contribution in [0, 0.1) is 0 Å². The van der Waals surface area contributed by atoms with Gasteiger partial charge in [-0.15, -0.1) is 0 Å². The van der Waals surface area contributed by atoms with Crippen molar-refractivity contribution in [1.82, 2.24) is 10.6 Å². The van der Waals surface area contributed by atoms with Crippen molar-refractivity contribution in [1.29, 1.82) is 0 Å². The van der Waals surface area contributed by atoms with E-state index >= 15 is 0 Å². The number of Topliss-reactive ketones (excluding diaryl/α,β-unsaturated/α-hetero) is 2. The molecule has 0 bridgehead atoms. The zero-order valence-corrected chi connectivity index (χ0v) is 17.3. The highest BCUT2D eigenvalue weighted by Gasteiger charge is 2.29. The topological polar surface area (TPSA) is 58.2 Å². The molecule has 0 fully saturated rings. The van der Waals surface area contributed by atoms with Crippen LogP contribution in [0.5, 0.6) is 0 Å². The lowest BCUT2D eigenvalue weighted by Crippen LogP contribution is -2.35. The second-order valence-corrected chi connectivity index (χ2v) is 7.34. The number of carbonyl (C=O) groups is 2. The minimum atomic E-state index is -0.0378. The van der Waals surface area contributed by atoms with Gasteiger partial charge < -0.3 is 10.6 Å². The van der Waals surface area contributed by atoms with Crippen LogP contribution in [-0.2, 0) is 9.59 Å². The number of ketones is 2. The number of hydrogen-bond acceptors (Lipinski definition) is 4. The van der Waals surface area contributed by atoms with Gasteiger partial charge in [-0.1, -0.05) is 65.2 Å². The highest BCUT2D eigenvalue weighted by atomic mass is 16.1. The lowest BCUT2D eigenvalue weighted by Gasteiger charge is -2.22. The van der Waals surface area contributed by atoms with E-state index in [0.29, 0.717) is 22.5 Å². The molecule has 0 radical (unpaired) electrons. The van der Waals surface area contributed by atoms with E-state index < -0.39 is 0 Å². The van der Waals surface area contributed by atoms with Crippen molar-refractivity contribution in [3.8, 4) is 0 Å². The summed E-state index contributed by atoms with van der Waals surface area (Å²) in [6.45, 7) is 9.42.